The standard InChI is InChI=1S/C11H11BrN2O/c1-7(13)11-10(6-14-15-11)8-3-2-4-9(12)5-8/h2-7H,13H2,1H3. The van der Waals surface area contributed by atoms with Crippen molar-refractivity contribution in [3.8, 4) is 11.1 Å². The first-order valence-corrected chi connectivity index (χ1v) is 5.44. The highest BCUT2D eigenvalue weighted by Crippen LogP contribution is 2.28. The number of rotatable bonds is 2. The Kier molecular flexibility index (Phi) is 2.88. The van der Waals surface area contributed by atoms with Crippen LogP contribution in [0.4, 0.5) is 0 Å². The van der Waals surface area contributed by atoms with Gasteiger partial charge < -0.3 is 10.3 Å². The first-order chi connectivity index (χ1) is 7.18. The molecular formula is C11H11BrN2O. The zero-order valence-corrected chi connectivity index (χ0v) is 9.86. The van der Waals surface area contributed by atoms with Crippen molar-refractivity contribution in [2.75, 3.05) is 0 Å². The van der Waals surface area contributed by atoms with E-state index in [-0.39, 0.29) is 6.04 Å². The Morgan fingerprint density at radius 3 is 2.93 bits per heavy atom. The first-order valence-electron chi connectivity index (χ1n) is 4.64. The smallest absolute Gasteiger partial charge is 0.160 e. The lowest BCUT2D eigenvalue weighted by molar-refractivity contribution is 0.368. The molecule has 4 heteroatoms. The van der Waals surface area contributed by atoms with Gasteiger partial charge in [0.2, 0.25) is 0 Å². The molecule has 3 nitrogen and oxygen atoms in total. The number of aromatic nitrogens is 1. The average Bonchev–Trinajstić information content (AvgIpc) is 2.65. The summed E-state index contributed by atoms with van der Waals surface area (Å²) in [5.74, 6) is 0.716. The number of hydrogen-bond donors (Lipinski definition) is 1. The van der Waals surface area contributed by atoms with Crippen molar-refractivity contribution in [3.05, 3.63) is 40.7 Å². The fraction of sp³-hybridized carbons (Fsp3) is 0.182. The lowest BCUT2D eigenvalue weighted by atomic mass is 10.0. The number of hydrogen-bond acceptors (Lipinski definition) is 3. The largest absolute Gasteiger partial charge is 0.359 e. The zero-order valence-electron chi connectivity index (χ0n) is 8.27. The summed E-state index contributed by atoms with van der Waals surface area (Å²) in [4.78, 5) is 0. The molecule has 0 aliphatic rings. The minimum atomic E-state index is -0.151. The van der Waals surface area contributed by atoms with E-state index in [4.69, 9.17) is 10.3 Å². The molecule has 1 aromatic heterocycles. The maximum Gasteiger partial charge on any atom is 0.160 e. The van der Waals surface area contributed by atoms with Gasteiger partial charge in [-0.3, -0.25) is 0 Å². The Morgan fingerprint density at radius 2 is 2.27 bits per heavy atom. The molecule has 78 valence electrons. The van der Waals surface area contributed by atoms with Gasteiger partial charge in [0, 0.05) is 10.0 Å². The number of halogens is 1. The maximum absolute atomic E-state index is 5.79. The van der Waals surface area contributed by atoms with Crippen LogP contribution in [0.3, 0.4) is 0 Å². The average molecular weight is 267 g/mol. The zero-order chi connectivity index (χ0) is 10.8. The summed E-state index contributed by atoms with van der Waals surface area (Å²) in [5.41, 5.74) is 7.79. The Labute approximate surface area is 96.4 Å². The Bertz CT molecular complexity index is 465. The highest BCUT2D eigenvalue weighted by molar-refractivity contribution is 9.10. The molecule has 1 aromatic carbocycles. The number of nitrogens with two attached hydrogens (primary N) is 1. The van der Waals surface area contributed by atoms with Crippen molar-refractivity contribution in [1.29, 1.82) is 0 Å². The summed E-state index contributed by atoms with van der Waals surface area (Å²) < 4.78 is 6.15. The van der Waals surface area contributed by atoms with Gasteiger partial charge in [-0.15, -0.1) is 0 Å². The summed E-state index contributed by atoms with van der Waals surface area (Å²) in [7, 11) is 0. The van der Waals surface area contributed by atoms with Crippen LogP contribution in [0.5, 0.6) is 0 Å². The lowest BCUT2D eigenvalue weighted by Gasteiger charge is -2.04. The molecule has 0 amide bonds. The normalized spacial score (nSPS) is 12.7. The van der Waals surface area contributed by atoms with Crippen molar-refractivity contribution >= 4 is 15.9 Å². The molecule has 2 N–H and O–H groups in total. The van der Waals surface area contributed by atoms with Crippen LogP contribution >= 0.6 is 15.9 Å². The predicted octanol–water partition coefficient (Wildman–Crippen LogP) is 3.12. The Balaban J connectivity index is 2.49. The molecule has 0 bridgehead atoms. The molecule has 0 aliphatic heterocycles. The van der Waals surface area contributed by atoms with Gasteiger partial charge in [-0.25, -0.2) is 0 Å². The molecule has 1 heterocycles. The monoisotopic (exact) mass is 266 g/mol. The van der Waals surface area contributed by atoms with Crippen LogP contribution in [0.25, 0.3) is 11.1 Å². The van der Waals surface area contributed by atoms with Crippen LogP contribution < -0.4 is 5.73 Å². The van der Waals surface area contributed by atoms with Crippen LogP contribution in [-0.4, -0.2) is 5.16 Å². The van der Waals surface area contributed by atoms with E-state index < -0.39 is 0 Å². The Hall–Kier alpha value is -1.13. The molecule has 1 unspecified atom stereocenters. The van der Waals surface area contributed by atoms with Gasteiger partial charge in [0.25, 0.3) is 0 Å². The van der Waals surface area contributed by atoms with Crippen LogP contribution in [0.2, 0.25) is 0 Å². The van der Waals surface area contributed by atoms with Crippen LogP contribution in [0.15, 0.2) is 39.5 Å². The number of nitrogens with zero attached hydrogens (tertiary/aromatic N) is 1. The molecule has 0 spiro atoms. The molecule has 1 atom stereocenters. The van der Waals surface area contributed by atoms with Gasteiger partial charge in [0.1, 0.15) is 0 Å². The van der Waals surface area contributed by atoms with Crippen molar-refractivity contribution in [1.82, 2.24) is 5.16 Å². The van der Waals surface area contributed by atoms with Crippen LogP contribution in [0.1, 0.15) is 18.7 Å². The SMILES string of the molecule is CC(N)c1oncc1-c1cccc(Br)c1. The predicted molar refractivity (Wildman–Crippen MR) is 62.2 cm³/mol. The van der Waals surface area contributed by atoms with E-state index in [9.17, 15) is 0 Å². The minimum absolute atomic E-state index is 0.151. The molecule has 0 aliphatic carbocycles. The van der Waals surface area contributed by atoms with Crippen molar-refractivity contribution in [2.45, 2.75) is 13.0 Å². The number of benzene rings is 1. The summed E-state index contributed by atoms with van der Waals surface area (Å²) in [6, 6.07) is 7.81. The summed E-state index contributed by atoms with van der Waals surface area (Å²) >= 11 is 3.43. The van der Waals surface area contributed by atoms with Gasteiger partial charge in [-0.05, 0) is 24.6 Å². The van der Waals surface area contributed by atoms with Gasteiger partial charge >= 0.3 is 0 Å². The topological polar surface area (TPSA) is 52.0 Å². The molecule has 0 saturated heterocycles. The fourth-order valence-electron chi connectivity index (χ4n) is 1.45. The molecule has 2 aromatic rings. The molecule has 2 rings (SSSR count). The molecule has 0 radical (unpaired) electrons. The van der Waals surface area contributed by atoms with Gasteiger partial charge in [0.05, 0.1) is 12.2 Å². The van der Waals surface area contributed by atoms with E-state index in [1.54, 1.807) is 6.20 Å². The highest BCUT2D eigenvalue weighted by Gasteiger charge is 2.13. The quantitative estimate of drug-likeness (QED) is 0.909. The molecule has 0 saturated carbocycles. The fourth-order valence-corrected chi connectivity index (χ4v) is 1.85. The van der Waals surface area contributed by atoms with Gasteiger partial charge in [-0.1, -0.05) is 33.2 Å². The van der Waals surface area contributed by atoms with E-state index in [2.05, 4.69) is 21.1 Å². The van der Waals surface area contributed by atoms with Gasteiger partial charge in [0.15, 0.2) is 5.76 Å². The van der Waals surface area contributed by atoms with E-state index >= 15 is 0 Å². The molecular weight excluding hydrogens is 256 g/mol. The van der Waals surface area contributed by atoms with Crippen LogP contribution in [-0.2, 0) is 0 Å². The van der Waals surface area contributed by atoms with E-state index in [0.717, 1.165) is 15.6 Å². The van der Waals surface area contributed by atoms with Crippen molar-refractivity contribution in [3.63, 3.8) is 0 Å². The van der Waals surface area contributed by atoms with Crippen LogP contribution in [0, 0.1) is 0 Å². The molecule has 15 heavy (non-hydrogen) atoms. The second-order valence-corrected chi connectivity index (χ2v) is 4.32. The third-order valence-electron chi connectivity index (χ3n) is 2.15. The lowest BCUT2D eigenvalue weighted by Crippen LogP contribution is -2.04. The third kappa shape index (κ3) is 2.11. The summed E-state index contributed by atoms with van der Waals surface area (Å²) in [6.07, 6.45) is 1.69. The molecule has 0 fully saturated rings. The van der Waals surface area contributed by atoms with E-state index in [1.807, 2.05) is 31.2 Å². The third-order valence-corrected chi connectivity index (χ3v) is 2.64. The van der Waals surface area contributed by atoms with Gasteiger partial charge in [-0.2, -0.15) is 0 Å². The minimum Gasteiger partial charge on any atom is -0.359 e. The summed E-state index contributed by atoms with van der Waals surface area (Å²) in [5, 5.41) is 3.78. The van der Waals surface area contributed by atoms with E-state index in [1.165, 1.54) is 0 Å². The van der Waals surface area contributed by atoms with Crippen molar-refractivity contribution < 1.29 is 4.52 Å². The first kappa shape index (κ1) is 10.4. The summed E-state index contributed by atoms with van der Waals surface area (Å²) in [6.45, 7) is 1.88. The van der Waals surface area contributed by atoms with E-state index in [0.29, 0.717) is 5.76 Å². The second-order valence-electron chi connectivity index (χ2n) is 3.40. The maximum atomic E-state index is 5.79. The Morgan fingerprint density at radius 1 is 1.47 bits per heavy atom. The highest BCUT2D eigenvalue weighted by atomic mass is 79.9. The second kappa shape index (κ2) is 4.16. The van der Waals surface area contributed by atoms with Crippen molar-refractivity contribution in [2.24, 2.45) is 5.73 Å².